The molecule has 21 heavy (non-hydrogen) atoms. The van der Waals surface area contributed by atoms with E-state index in [1.807, 2.05) is 12.1 Å². The van der Waals surface area contributed by atoms with Gasteiger partial charge >= 0.3 is 0 Å². The van der Waals surface area contributed by atoms with Crippen molar-refractivity contribution < 1.29 is 4.74 Å². The van der Waals surface area contributed by atoms with Crippen molar-refractivity contribution in [1.29, 1.82) is 0 Å². The van der Waals surface area contributed by atoms with Crippen molar-refractivity contribution in [2.24, 2.45) is 0 Å². The number of benzene rings is 1. The Morgan fingerprint density at radius 2 is 2.14 bits per heavy atom. The van der Waals surface area contributed by atoms with Gasteiger partial charge in [-0.1, -0.05) is 6.07 Å². The normalized spacial score (nSPS) is 10.6. The van der Waals surface area contributed by atoms with Gasteiger partial charge in [-0.05, 0) is 36.1 Å². The molecule has 108 valence electrons. The van der Waals surface area contributed by atoms with E-state index in [0.29, 0.717) is 6.54 Å². The molecule has 0 aliphatic heterocycles. The number of thiophene rings is 1. The van der Waals surface area contributed by atoms with Gasteiger partial charge in [0.15, 0.2) is 0 Å². The Balaban J connectivity index is 1.72. The maximum absolute atomic E-state index is 5.37. The second-order valence-corrected chi connectivity index (χ2v) is 6.35. The van der Waals surface area contributed by atoms with Crippen LogP contribution in [0.3, 0.4) is 0 Å². The molecule has 2 heterocycles. The van der Waals surface area contributed by atoms with Crippen LogP contribution in [0.4, 0.5) is 5.69 Å². The molecular formula is C16H16N2OS2. The first kappa shape index (κ1) is 14.1. The minimum atomic E-state index is 0.695. The minimum Gasteiger partial charge on any atom is -0.495 e. The topological polar surface area (TPSA) is 34.1 Å². The maximum atomic E-state index is 5.37. The molecule has 3 rings (SSSR count). The van der Waals surface area contributed by atoms with Gasteiger partial charge in [-0.3, -0.25) is 0 Å². The van der Waals surface area contributed by atoms with Crippen LogP contribution in [0.2, 0.25) is 0 Å². The lowest BCUT2D eigenvalue weighted by molar-refractivity contribution is 0.416. The van der Waals surface area contributed by atoms with Gasteiger partial charge < -0.3 is 10.1 Å². The van der Waals surface area contributed by atoms with Crippen LogP contribution < -0.4 is 10.1 Å². The van der Waals surface area contributed by atoms with Crippen molar-refractivity contribution in [2.75, 3.05) is 12.4 Å². The predicted octanol–water partition coefficient (Wildman–Crippen LogP) is 4.80. The average molecular weight is 316 g/mol. The van der Waals surface area contributed by atoms with Crippen molar-refractivity contribution in [3.05, 3.63) is 51.7 Å². The third kappa shape index (κ3) is 3.25. The van der Waals surface area contributed by atoms with E-state index >= 15 is 0 Å². The van der Waals surface area contributed by atoms with E-state index in [1.54, 1.807) is 29.8 Å². The van der Waals surface area contributed by atoms with Gasteiger partial charge in [-0.25, -0.2) is 4.98 Å². The molecule has 0 aliphatic carbocycles. The van der Waals surface area contributed by atoms with E-state index < -0.39 is 0 Å². The van der Waals surface area contributed by atoms with E-state index in [9.17, 15) is 0 Å². The lowest BCUT2D eigenvalue weighted by Gasteiger charge is -2.10. The summed E-state index contributed by atoms with van der Waals surface area (Å²) >= 11 is 3.37. The third-order valence-corrected chi connectivity index (χ3v) is 4.76. The van der Waals surface area contributed by atoms with Crippen molar-refractivity contribution in [3.8, 4) is 16.3 Å². The van der Waals surface area contributed by atoms with Crippen molar-refractivity contribution in [1.82, 2.24) is 4.98 Å². The molecule has 0 saturated carbocycles. The molecule has 0 aliphatic rings. The Hall–Kier alpha value is -1.85. The molecule has 0 atom stereocenters. The van der Waals surface area contributed by atoms with E-state index in [1.165, 1.54) is 11.1 Å². The molecule has 1 aromatic carbocycles. The van der Waals surface area contributed by atoms with Crippen LogP contribution in [-0.2, 0) is 6.54 Å². The molecule has 3 nitrogen and oxygen atoms in total. The summed E-state index contributed by atoms with van der Waals surface area (Å²) < 4.78 is 5.37. The average Bonchev–Trinajstić information content (AvgIpc) is 3.16. The maximum Gasteiger partial charge on any atom is 0.141 e. The summed E-state index contributed by atoms with van der Waals surface area (Å²) in [5, 5.41) is 10.8. The van der Waals surface area contributed by atoms with Crippen molar-refractivity contribution in [2.45, 2.75) is 13.5 Å². The van der Waals surface area contributed by atoms with Crippen molar-refractivity contribution in [3.63, 3.8) is 0 Å². The lowest BCUT2D eigenvalue weighted by atomic mass is 10.2. The predicted molar refractivity (Wildman–Crippen MR) is 90.5 cm³/mol. The summed E-state index contributed by atoms with van der Waals surface area (Å²) in [5.74, 6) is 0.855. The molecule has 0 bridgehead atoms. The molecule has 1 N–H and O–H groups in total. The number of hydrogen-bond donors (Lipinski definition) is 1. The molecular weight excluding hydrogens is 300 g/mol. The van der Waals surface area contributed by atoms with Gasteiger partial charge in [0.2, 0.25) is 0 Å². The summed E-state index contributed by atoms with van der Waals surface area (Å²) in [6.45, 7) is 2.77. The Kier molecular flexibility index (Phi) is 4.22. The molecule has 0 spiro atoms. The Morgan fingerprint density at radius 3 is 2.90 bits per heavy atom. The van der Waals surface area contributed by atoms with Gasteiger partial charge in [0, 0.05) is 16.3 Å². The van der Waals surface area contributed by atoms with Crippen LogP contribution in [0.5, 0.6) is 5.75 Å². The molecule has 0 amide bonds. The van der Waals surface area contributed by atoms with Crippen LogP contribution in [0, 0.1) is 6.92 Å². The highest BCUT2D eigenvalue weighted by molar-refractivity contribution is 7.14. The van der Waals surface area contributed by atoms with E-state index in [2.05, 4.69) is 45.5 Å². The Bertz CT molecular complexity index is 720. The first-order valence-electron chi connectivity index (χ1n) is 6.62. The fraction of sp³-hybridized carbons (Fsp3) is 0.188. The zero-order valence-electron chi connectivity index (χ0n) is 11.9. The minimum absolute atomic E-state index is 0.695. The first-order chi connectivity index (χ1) is 10.3. The van der Waals surface area contributed by atoms with Gasteiger partial charge in [0.1, 0.15) is 10.8 Å². The highest BCUT2D eigenvalue weighted by Gasteiger charge is 2.07. The first-order valence-corrected chi connectivity index (χ1v) is 8.44. The SMILES string of the molecule is COc1ccc(C)cc1NCc1csc(-c2ccsc2)n1. The summed E-state index contributed by atoms with van der Waals surface area (Å²) in [4.78, 5) is 4.67. The quantitative estimate of drug-likeness (QED) is 0.734. The number of nitrogens with zero attached hydrogens (tertiary/aromatic N) is 1. The fourth-order valence-electron chi connectivity index (χ4n) is 2.05. The number of thiazole rings is 1. The number of anilines is 1. The summed E-state index contributed by atoms with van der Waals surface area (Å²) in [6.07, 6.45) is 0. The second kappa shape index (κ2) is 6.28. The Labute approximate surface area is 132 Å². The molecule has 0 unspecified atom stereocenters. The van der Waals surface area contributed by atoms with Crippen LogP contribution in [0.25, 0.3) is 10.6 Å². The smallest absolute Gasteiger partial charge is 0.141 e. The molecule has 2 aromatic heterocycles. The van der Waals surface area contributed by atoms with Crippen LogP contribution >= 0.6 is 22.7 Å². The molecule has 0 saturated heterocycles. The van der Waals surface area contributed by atoms with E-state index in [-0.39, 0.29) is 0 Å². The number of hydrogen-bond acceptors (Lipinski definition) is 5. The number of aryl methyl sites for hydroxylation is 1. The molecule has 3 aromatic rings. The third-order valence-electron chi connectivity index (χ3n) is 3.13. The highest BCUT2D eigenvalue weighted by atomic mass is 32.1. The van der Waals surface area contributed by atoms with Crippen molar-refractivity contribution >= 4 is 28.4 Å². The van der Waals surface area contributed by atoms with Crippen LogP contribution in [-0.4, -0.2) is 12.1 Å². The van der Waals surface area contributed by atoms with Gasteiger partial charge in [0.25, 0.3) is 0 Å². The van der Waals surface area contributed by atoms with Crippen LogP contribution in [0.1, 0.15) is 11.3 Å². The number of rotatable bonds is 5. The largest absolute Gasteiger partial charge is 0.495 e. The molecule has 5 heteroatoms. The summed E-state index contributed by atoms with van der Waals surface area (Å²) in [6, 6.07) is 8.21. The monoisotopic (exact) mass is 316 g/mol. The molecule has 0 fully saturated rings. The number of methoxy groups -OCH3 is 1. The highest BCUT2D eigenvalue weighted by Crippen LogP contribution is 2.28. The zero-order valence-corrected chi connectivity index (χ0v) is 13.6. The number of nitrogens with one attached hydrogen (secondary N) is 1. The van der Waals surface area contributed by atoms with Gasteiger partial charge in [0.05, 0.1) is 25.0 Å². The Morgan fingerprint density at radius 1 is 1.24 bits per heavy atom. The summed E-state index contributed by atoms with van der Waals surface area (Å²) in [7, 11) is 1.69. The second-order valence-electron chi connectivity index (χ2n) is 4.71. The number of ether oxygens (including phenoxy) is 1. The lowest BCUT2D eigenvalue weighted by Crippen LogP contribution is -2.02. The zero-order chi connectivity index (χ0) is 14.7. The van der Waals surface area contributed by atoms with Gasteiger partial charge in [-0.15, -0.1) is 11.3 Å². The number of aromatic nitrogens is 1. The van der Waals surface area contributed by atoms with E-state index in [0.717, 1.165) is 22.1 Å². The molecule has 0 radical (unpaired) electrons. The summed E-state index contributed by atoms with van der Waals surface area (Å²) in [5.41, 5.74) is 4.45. The van der Waals surface area contributed by atoms with Crippen LogP contribution in [0.15, 0.2) is 40.4 Å². The van der Waals surface area contributed by atoms with Gasteiger partial charge in [-0.2, -0.15) is 11.3 Å². The standard InChI is InChI=1S/C16H16N2OS2/c1-11-3-4-15(19-2)14(7-11)17-8-13-10-21-16(18-13)12-5-6-20-9-12/h3-7,9-10,17H,8H2,1-2H3. The van der Waals surface area contributed by atoms with E-state index in [4.69, 9.17) is 4.74 Å². The fourth-order valence-corrected chi connectivity index (χ4v) is 3.58.